The van der Waals surface area contributed by atoms with Crippen LogP contribution >= 0.6 is 0 Å². The zero-order valence-corrected chi connectivity index (χ0v) is 12.3. The predicted octanol–water partition coefficient (Wildman–Crippen LogP) is 1.37. The fourth-order valence-corrected chi connectivity index (χ4v) is 3.67. The number of piperidine rings is 1. The molecule has 0 aromatic heterocycles. The average Bonchev–Trinajstić information content (AvgIpc) is 2.43. The lowest BCUT2D eigenvalue weighted by Gasteiger charge is -2.47. The van der Waals surface area contributed by atoms with Gasteiger partial charge in [0, 0.05) is 38.7 Å². The molecule has 2 aliphatic rings. The number of hydrogen-bond donors (Lipinski definition) is 2. The molecule has 1 heterocycles. The summed E-state index contributed by atoms with van der Waals surface area (Å²) in [4.78, 5) is 2.49. The zero-order valence-electron chi connectivity index (χ0n) is 12.3. The quantitative estimate of drug-likeness (QED) is 0.765. The molecule has 19 heavy (non-hydrogen) atoms. The fraction of sp³-hybridized carbons (Fsp3) is 1.00. The van der Waals surface area contributed by atoms with Crippen molar-refractivity contribution < 1.29 is 9.84 Å². The van der Waals surface area contributed by atoms with E-state index in [2.05, 4.69) is 4.90 Å². The van der Waals surface area contributed by atoms with Crippen molar-refractivity contribution in [1.29, 1.82) is 0 Å². The highest BCUT2D eigenvalue weighted by Gasteiger charge is 2.42. The van der Waals surface area contributed by atoms with E-state index in [0.717, 1.165) is 45.5 Å². The maximum Gasteiger partial charge on any atom is 0.0709 e. The topological polar surface area (TPSA) is 58.7 Å². The monoisotopic (exact) mass is 270 g/mol. The van der Waals surface area contributed by atoms with Crippen LogP contribution in [0, 0.1) is 5.92 Å². The summed E-state index contributed by atoms with van der Waals surface area (Å²) in [6, 6.07) is 0. The summed E-state index contributed by atoms with van der Waals surface area (Å²) in [5.41, 5.74) is 5.36. The largest absolute Gasteiger partial charge is 0.390 e. The van der Waals surface area contributed by atoms with Crippen LogP contribution in [-0.2, 0) is 4.74 Å². The van der Waals surface area contributed by atoms with Gasteiger partial charge < -0.3 is 20.5 Å². The van der Waals surface area contributed by atoms with Crippen molar-refractivity contribution in [2.24, 2.45) is 11.7 Å². The van der Waals surface area contributed by atoms with Crippen LogP contribution in [0.15, 0.2) is 0 Å². The Morgan fingerprint density at radius 3 is 3.00 bits per heavy atom. The van der Waals surface area contributed by atoms with Crippen LogP contribution < -0.4 is 5.73 Å². The SMILES string of the molecule is CCOC(CN)CCN1CCC2(O)CCCCC2C1. The molecule has 0 amide bonds. The maximum atomic E-state index is 10.6. The molecule has 3 atom stereocenters. The van der Waals surface area contributed by atoms with Crippen LogP contribution in [0.2, 0.25) is 0 Å². The summed E-state index contributed by atoms with van der Waals surface area (Å²) in [5, 5.41) is 10.6. The first-order chi connectivity index (χ1) is 9.18. The summed E-state index contributed by atoms with van der Waals surface area (Å²) in [7, 11) is 0. The molecule has 1 aliphatic heterocycles. The highest BCUT2D eigenvalue weighted by molar-refractivity contribution is 4.95. The Labute approximate surface area is 117 Å². The molecule has 4 heteroatoms. The van der Waals surface area contributed by atoms with Gasteiger partial charge in [0.25, 0.3) is 0 Å². The van der Waals surface area contributed by atoms with Gasteiger partial charge in [-0.3, -0.25) is 0 Å². The lowest BCUT2D eigenvalue weighted by Crippen LogP contribution is -2.53. The summed E-state index contributed by atoms with van der Waals surface area (Å²) in [6.07, 6.45) is 6.83. The molecule has 0 radical (unpaired) electrons. The van der Waals surface area contributed by atoms with E-state index in [1.807, 2.05) is 6.92 Å². The van der Waals surface area contributed by atoms with E-state index < -0.39 is 0 Å². The van der Waals surface area contributed by atoms with Crippen LogP contribution in [0.3, 0.4) is 0 Å². The number of hydrogen-bond acceptors (Lipinski definition) is 4. The van der Waals surface area contributed by atoms with E-state index in [0.29, 0.717) is 12.5 Å². The van der Waals surface area contributed by atoms with Gasteiger partial charge in [0.05, 0.1) is 11.7 Å². The molecule has 1 saturated heterocycles. The molecule has 112 valence electrons. The van der Waals surface area contributed by atoms with Crippen LogP contribution in [0.1, 0.15) is 45.4 Å². The Hall–Kier alpha value is -0.160. The van der Waals surface area contributed by atoms with Gasteiger partial charge in [0.1, 0.15) is 0 Å². The van der Waals surface area contributed by atoms with Crippen molar-refractivity contribution in [2.75, 3.05) is 32.8 Å². The average molecular weight is 270 g/mol. The third kappa shape index (κ3) is 3.91. The summed E-state index contributed by atoms with van der Waals surface area (Å²) >= 11 is 0. The standard InChI is InChI=1S/C15H30N2O2/c1-2-19-14(11-16)6-9-17-10-8-15(18)7-4-3-5-13(15)12-17/h13-14,18H,2-12,16H2,1H3. The van der Waals surface area contributed by atoms with Crippen molar-refractivity contribution in [2.45, 2.75) is 57.2 Å². The Morgan fingerprint density at radius 1 is 1.42 bits per heavy atom. The number of likely N-dealkylation sites (tertiary alicyclic amines) is 1. The molecule has 1 saturated carbocycles. The van der Waals surface area contributed by atoms with E-state index in [1.54, 1.807) is 0 Å². The molecule has 3 unspecified atom stereocenters. The van der Waals surface area contributed by atoms with Gasteiger partial charge in [-0.2, -0.15) is 0 Å². The van der Waals surface area contributed by atoms with E-state index in [4.69, 9.17) is 10.5 Å². The molecule has 4 nitrogen and oxygen atoms in total. The van der Waals surface area contributed by atoms with Crippen molar-refractivity contribution in [3.05, 3.63) is 0 Å². The van der Waals surface area contributed by atoms with Crippen LogP contribution in [0.5, 0.6) is 0 Å². The molecular formula is C15H30N2O2. The first kappa shape index (κ1) is 15.2. The highest BCUT2D eigenvalue weighted by Crippen LogP contribution is 2.39. The highest BCUT2D eigenvalue weighted by atomic mass is 16.5. The lowest BCUT2D eigenvalue weighted by atomic mass is 9.71. The van der Waals surface area contributed by atoms with Gasteiger partial charge >= 0.3 is 0 Å². The van der Waals surface area contributed by atoms with Gasteiger partial charge in [0.2, 0.25) is 0 Å². The van der Waals surface area contributed by atoms with Gasteiger partial charge in [-0.05, 0) is 32.6 Å². The Morgan fingerprint density at radius 2 is 2.26 bits per heavy atom. The van der Waals surface area contributed by atoms with E-state index in [-0.39, 0.29) is 11.7 Å². The van der Waals surface area contributed by atoms with Crippen molar-refractivity contribution in [1.82, 2.24) is 4.90 Å². The second-order valence-corrected chi connectivity index (χ2v) is 6.20. The molecule has 2 rings (SSSR count). The lowest BCUT2D eigenvalue weighted by molar-refractivity contribution is -0.0967. The molecule has 0 aromatic carbocycles. The second-order valence-electron chi connectivity index (χ2n) is 6.20. The van der Waals surface area contributed by atoms with Gasteiger partial charge in [-0.1, -0.05) is 12.8 Å². The van der Waals surface area contributed by atoms with Gasteiger partial charge in [0.15, 0.2) is 0 Å². The Kier molecular flexibility index (Phi) is 5.63. The minimum absolute atomic E-state index is 0.192. The van der Waals surface area contributed by atoms with E-state index in [1.165, 1.54) is 19.3 Å². The number of fused-ring (bicyclic) bond motifs is 1. The smallest absolute Gasteiger partial charge is 0.0709 e. The summed E-state index contributed by atoms with van der Waals surface area (Å²) in [6.45, 7) is 6.50. The van der Waals surface area contributed by atoms with Gasteiger partial charge in [-0.15, -0.1) is 0 Å². The van der Waals surface area contributed by atoms with Crippen molar-refractivity contribution in [3.8, 4) is 0 Å². The second kappa shape index (κ2) is 7.02. The Balaban J connectivity index is 1.77. The fourth-order valence-electron chi connectivity index (χ4n) is 3.67. The maximum absolute atomic E-state index is 10.6. The molecule has 0 bridgehead atoms. The number of rotatable bonds is 6. The van der Waals surface area contributed by atoms with Crippen molar-refractivity contribution in [3.63, 3.8) is 0 Å². The van der Waals surface area contributed by atoms with E-state index in [9.17, 15) is 5.11 Å². The summed E-state index contributed by atoms with van der Waals surface area (Å²) in [5.74, 6) is 0.485. The van der Waals surface area contributed by atoms with Gasteiger partial charge in [-0.25, -0.2) is 0 Å². The third-order valence-corrected chi connectivity index (χ3v) is 4.94. The zero-order chi connectivity index (χ0) is 13.7. The first-order valence-corrected chi connectivity index (χ1v) is 7.94. The predicted molar refractivity (Wildman–Crippen MR) is 77.1 cm³/mol. The van der Waals surface area contributed by atoms with E-state index >= 15 is 0 Å². The normalized spacial score (nSPS) is 33.9. The number of nitrogens with zero attached hydrogens (tertiary/aromatic N) is 1. The van der Waals surface area contributed by atoms with Crippen molar-refractivity contribution >= 4 is 0 Å². The third-order valence-electron chi connectivity index (χ3n) is 4.94. The molecular weight excluding hydrogens is 240 g/mol. The minimum atomic E-state index is -0.359. The molecule has 1 aliphatic carbocycles. The molecule has 0 spiro atoms. The molecule has 2 fully saturated rings. The molecule has 0 aromatic rings. The Bertz CT molecular complexity index is 275. The number of nitrogens with two attached hydrogens (primary N) is 1. The van der Waals surface area contributed by atoms with Crippen LogP contribution in [0.25, 0.3) is 0 Å². The minimum Gasteiger partial charge on any atom is -0.390 e. The van der Waals surface area contributed by atoms with Crippen LogP contribution in [-0.4, -0.2) is 54.5 Å². The number of aliphatic hydroxyl groups is 1. The number of ether oxygens (including phenoxy) is 1. The van der Waals surface area contributed by atoms with Crippen LogP contribution in [0.4, 0.5) is 0 Å². The summed E-state index contributed by atoms with van der Waals surface area (Å²) < 4.78 is 5.61. The molecule has 3 N–H and O–H groups in total. The first-order valence-electron chi connectivity index (χ1n) is 7.94.